The lowest BCUT2D eigenvalue weighted by Crippen LogP contribution is -2.58. The summed E-state index contributed by atoms with van der Waals surface area (Å²) in [6.07, 6.45) is 7.81. The molecule has 3 fully saturated rings. The van der Waals surface area contributed by atoms with Crippen LogP contribution >= 0.6 is 0 Å². The van der Waals surface area contributed by atoms with Crippen molar-refractivity contribution in [1.82, 2.24) is 0 Å². The van der Waals surface area contributed by atoms with Crippen molar-refractivity contribution in [2.45, 2.75) is 65.2 Å². The number of hydrogen-bond donors (Lipinski definition) is 0. The molecule has 2 heteroatoms. The van der Waals surface area contributed by atoms with Crippen molar-refractivity contribution in [2.24, 2.45) is 22.7 Å². The minimum absolute atomic E-state index is 0.0847. The maximum atomic E-state index is 12.2. The summed E-state index contributed by atoms with van der Waals surface area (Å²) >= 11 is 0. The fourth-order valence-corrected chi connectivity index (χ4v) is 5.33. The molecule has 0 aromatic carbocycles. The third-order valence-electron chi connectivity index (χ3n) is 6.60. The highest BCUT2D eigenvalue weighted by atomic mass is 16.1. The fourth-order valence-electron chi connectivity index (χ4n) is 5.33. The first-order chi connectivity index (χ1) is 8.49. The maximum Gasteiger partial charge on any atom is 0.136 e. The van der Waals surface area contributed by atoms with E-state index in [0.717, 1.165) is 51.4 Å². The van der Waals surface area contributed by atoms with Gasteiger partial charge in [-0.2, -0.15) is 0 Å². The molecule has 0 unspecified atom stereocenters. The molecule has 0 radical (unpaired) electrons. The maximum absolute atomic E-state index is 12.2. The molecule has 100 valence electrons. The Balaban J connectivity index is 2.03. The van der Waals surface area contributed by atoms with E-state index in [2.05, 4.69) is 13.8 Å². The Morgan fingerprint density at radius 2 is 1.22 bits per heavy atom. The first-order valence-corrected chi connectivity index (χ1v) is 7.54. The Morgan fingerprint density at radius 1 is 0.833 bits per heavy atom. The summed E-state index contributed by atoms with van der Waals surface area (Å²) in [5.74, 6) is 1.42. The van der Waals surface area contributed by atoms with Crippen LogP contribution in [0.3, 0.4) is 0 Å². The fraction of sp³-hybridized carbons (Fsp3) is 0.875. The molecule has 0 spiro atoms. The van der Waals surface area contributed by atoms with Crippen molar-refractivity contribution >= 4 is 11.6 Å². The van der Waals surface area contributed by atoms with Gasteiger partial charge in [0.2, 0.25) is 0 Å². The molecule has 0 aromatic heterocycles. The molecule has 2 nitrogen and oxygen atoms in total. The van der Waals surface area contributed by atoms with Gasteiger partial charge in [-0.15, -0.1) is 0 Å². The molecule has 0 saturated heterocycles. The van der Waals surface area contributed by atoms with Crippen molar-refractivity contribution < 1.29 is 9.59 Å². The lowest BCUT2D eigenvalue weighted by Gasteiger charge is -2.61. The van der Waals surface area contributed by atoms with Gasteiger partial charge in [-0.3, -0.25) is 9.59 Å². The SMILES string of the molecule is C[C@]12CCCC(=O)[C@@H]1CC[C@H]1C(=O)CCC[C@@]12C. The van der Waals surface area contributed by atoms with Crippen LogP contribution in [0.15, 0.2) is 0 Å². The number of Topliss-reactive ketones (excluding diaryl/α,β-unsaturated/α-hetero) is 2. The van der Waals surface area contributed by atoms with Gasteiger partial charge >= 0.3 is 0 Å². The van der Waals surface area contributed by atoms with Crippen LogP contribution < -0.4 is 0 Å². The molecule has 0 aromatic rings. The van der Waals surface area contributed by atoms with E-state index in [0.29, 0.717) is 11.6 Å². The van der Waals surface area contributed by atoms with E-state index < -0.39 is 0 Å². The second-order valence-electron chi connectivity index (χ2n) is 7.16. The molecule has 3 saturated carbocycles. The highest BCUT2D eigenvalue weighted by molar-refractivity contribution is 5.86. The largest absolute Gasteiger partial charge is 0.299 e. The van der Waals surface area contributed by atoms with Gasteiger partial charge in [0.05, 0.1) is 0 Å². The summed E-state index contributed by atoms with van der Waals surface area (Å²) in [4.78, 5) is 24.5. The topological polar surface area (TPSA) is 34.1 Å². The summed E-state index contributed by atoms with van der Waals surface area (Å²) in [7, 11) is 0. The van der Waals surface area contributed by atoms with Crippen LogP contribution in [0.2, 0.25) is 0 Å². The molecule has 0 amide bonds. The molecule has 18 heavy (non-hydrogen) atoms. The molecule has 0 N–H and O–H groups in total. The van der Waals surface area contributed by atoms with Crippen LogP contribution in [0.25, 0.3) is 0 Å². The number of carbonyl (C=O) groups is 2. The average molecular weight is 248 g/mol. The van der Waals surface area contributed by atoms with E-state index in [1.807, 2.05) is 0 Å². The third-order valence-corrected chi connectivity index (χ3v) is 6.60. The zero-order chi connectivity index (χ0) is 13.0. The Kier molecular flexibility index (Phi) is 2.69. The predicted octanol–water partition coefficient (Wildman–Crippen LogP) is 3.53. The van der Waals surface area contributed by atoms with E-state index in [-0.39, 0.29) is 22.7 Å². The van der Waals surface area contributed by atoms with Gasteiger partial charge in [0.15, 0.2) is 0 Å². The first kappa shape index (κ1) is 12.4. The summed E-state index contributed by atoms with van der Waals surface area (Å²) in [5, 5.41) is 0. The molecular weight excluding hydrogens is 224 g/mol. The van der Waals surface area contributed by atoms with E-state index in [1.165, 1.54) is 0 Å². The summed E-state index contributed by atoms with van der Waals surface area (Å²) < 4.78 is 0. The summed E-state index contributed by atoms with van der Waals surface area (Å²) in [6, 6.07) is 0. The van der Waals surface area contributed by atoms with Crippen molar-refractivity contribution in [3.05, 3.63) is 0 Å². The smallest absolute Gasteiger partial charge is 0.136 e. The normalized spacial score (nSPS) is 48.6. The second-order valence-corrected chi connectivity index (χ2v) is 7.16. The average Bonchev–Trinajstić information content (AvgIpc) is 2.31. The number of ketones is 2. The molecule has 4 atom stereocenters. The van der Waals surface area contributed by atoms with E-state index in [9.17, 15) is 9.59 Å². The van der Waals surface area contributed by atoms with Gasteiger partial charge in [-0.05, 0) is 49.4 Å². The van der Waals surface area contributed by atoms with Gasteiger partial charge in [0.25, 0.3) is 0 Å². The number of carbonyl (C=O) groups excluding carboxylic acids is 2. The number of fused-ring (bicyclic) bond motifs is 3. The van der Waals surface area contributed by atoms with Gasteiger partial charge in [0, 0.05) is 24.7 Å². The zero-order valence-corrected chi connectivity index (χ0v) is 11.6. The minimum Gasteiger partial charge on any atom is -0.299 e. The Bertz CT molecular complexity index is 362. The Hall–Kier alpha value is -0.660. The van der Waals surface area contributed by atoms with Gasteiger partial charge in [0.1, 0.15) is 11.6 Å². The lowest BCUT2D eigenvalue weighted by atomic mass is 9.42. The molecule has 0 heterocycles. The summed E-state index contributed by atoms with van der Waals surface area (Å²) in [6.45, 7) is 4.61. The van der Waals surface area contributed by atoms with Gasteiger partial charge in [-0.1, -0.05) is 13.8 Å². The zero-order valence-electron chi connectivity index (χ0n) is 11.6. The lowest BCUT2D eigenvalue weighted by molar-refractivity contribution is -0.165. The van der Waals surface area contributed by atoms with Crippen LogP contribution in [0, 0.1) is 22.7 Å². The van der Waals surface area contributed by atoms with Gasteiger partial charge < -0.3 is 0 Å². The monoisotopic (exact) mass is 248 g/mol. The number of rotatable bonds is 0. The van der Waals surface area contributed by atoms with Crippen LogP contribution in [0.1, 0.15) is 65.2 Å². The minimum atomic E-state index is 0.0847. The molecule has 3 aliphatic carbocycles. The van der Waals surface area contributed by atoms with E-state index >= 15 is 0 Å². The Morgan fingerprint density at radius 3 is 1.61 bits per heavy atom. The van der Waals surface area contributed by atoms with Crippen LogP contribution in [-0.4, -0.2) is 11.6 Å². The van der Waals surface area contributed by atoms with Crippen LogP contribution in [0.4, 0.5) is 0 Å². The second kappa shape index (κ2) is 3.91. The molecule has 3 rings (SSSR count). The van der Waals surface area contributed by atoms with Crippen LogP contribution in [-0.2, 0) is 9.59 Å². The number of hydrogen-bond acceptors (Lipinski definition) is 2. The van der Waals surface area contributed by atoms with Crippen molar-refractivity contribution in [3.8, 4) is 0 Å². The molecular formula is C16H24O2. The van der Waals surface area contributed by atoms with E-state index in [4.69, 9.17) is 0 Å². The molecule has 0 aliphatic heterocycles. The van der Waals surface area contributed by atoms with Crippen molar-refractivity contribution in [3.63, 3.8) is 0 Å². The van der Waals surface area contributed by atoms with Crippen LogP contribution in [0.5, 0.6) is 0 Å². The van der Waals surface area contributed by atoms with Gasteiger partial charge in [-0.25, -0.2) is 0 Å². The standard InChI is InChI=1S/C16H24O2/c1-15-9-3-5-13(17)11(15)7-8-12-14(18)6-4-10-16(12,15)2/h11-12H,3-10H2,1-2H3/t11-,12-,15-,16-/m0/s1. The van der Waals surface area contributed by atoms with E-state index in [1.54, 1.807) is 0 Å². The highest BCUT2D eigenvalue weighted by Crippen LogP contribution is 2.64. The predicted molar refractivity (Wildman–Crippen MR) is 70.1 cm³/mol. The summed E-state index contributed by atoms with van der Waals surface area (Å²) in [5.41, 5.74) is 0.169. The van der Waals surface area contributed by atoms with Crippen molar-refractivity contribution in [1.29, 1.82) is 0 Å². The third kappa shape index (κ3) is 1.41. The highest BCUT2D eigenvalue weighted by Gasteiger charge is 2.60. The quantitative estimate of drug-likeness (QED) is 0.657. The first-order valence-electron chi connectivity index (χ1n) is 7.54. The van der Waals surface area contributed by atoms with Crippen molar-refractivity contribution in [2.75, 3.05) is 0 Å². The molecule has 3 aliphatic rings. The Labute approximate surface area is 110 Å². The molecule has 0 bridgehead atoms.